The first-order chi connectivity index (χ1) is 16.7. The molecule has 3 aromatic heterocycles. The molecule has 1 fully saturated rings. The molecule has 2 aliphatic heterocycles. The molecule has 10 nitrogen and oxygen atoms in total. The summed E-state index contributed by atoms with van der Waals surface area (Å²) in [5.41, 5.74) is 1.83. The third kappa shape index (κ3) is 4.83. The van der Waals surface area contributed by atoms with Crippen molar-refractivity contribution in [1.29, 1.82) is 0 Å². The van der Waals surface area contributed by atoms with Gasteiger partial charge < -0.3 is 9.80 Å². The van der Waals surface area contributed by atoms with Gasteiger partial charge in [-0.15, -0.1) is 0 Å². The van der Waals surface area contributed by atoms with Crippen molar-refractivity contribution < 1.29 is 17.6 Å². The molecule has 1 atom stereocenters. The van der Waals surface area contributed by atoms with E-state index in [4.69, 9.17) is 0 Å². The van der Waals surface area contributed by atoms with Crippen molar-refractivity contribution in [1.82, 2.24) is 24.9 Å². The number of nitrogens with zero attached hydrogens (tertiary/aromatic N) is 7. The summed E-state index contributed by atoms with van der Waals surface area (Å²) in [6, 6.07) is 4.32. The van der Waals surface area contributed by atoms with Crippen molar-refractivity contribution in [2.75, 3.05) is 41.4 Å². The van der Waals surface area contributed by atoms with Gasteiger partial charge in [0.25, 0.3) is 0 Å². The number of rotatable bonds is 6. The monoisotopic (exact) mass is 497 g/mol. The Kier molecular flexibility index (Phi) is 5.91. The van der Waals surface area contributed by atoms with E-state index in [-0.39, 0.29) is 17.7 Å². The molecule has 0 radical (unpaired) electrons. The van der Waals surface area contributed by atoms with E-state index in [1.165, 1.54) is 12.1 Å². The van der Waals surface area contributed by atoms with Crippen molar-refractivity contribution in [2.24, 2.45) is 5.92 Å². The number of sulfone groups is 1. The highest BCUT2D eigenvalue weighted by molar-refractivity contribution is 7.91. The summed E-state index contributed by atoms with van der Waals surface area (Å²) in [5, 5.41) is 0. The molecule has 5 heterocycles. The first-order valence-electron chi connectivity index (χ1n) is 11.2. The highest BCUT2D eigenvalue weighted by atomic mass is 32.2. The lowest BCUT2D eigenvalue weighted by Gasteiger charge is -2.40. The van der Waals surface area contributed by atoms with Crippen LogP contribution in [0.3, 0.4) is 0 Å². The Labute approximate surface area is 202 Å². The Morgan fingerprint density at radius 3 is 2.51 bits per heavy atom. The number of hydrogen-bond acceptors (Lipinski definition) is 10. The van der Waals surface area contributed by atoms with E-state index in [1.54, 1.807) is 29.6 Å². The smallest absolute Gasteiger partial charge is 0.197 e. The van der Waals surface area contributed by atoms with Gasteiger partial charge in [0.1, 0.15) is 23.2 Å². The lowest BCUT2D eigenvalue weighted by atomic mass is 9.96. The molecule has 1 saturated heterocycles. The number of hydrogen-bond donors (Lipinski definition) is 0. The predicted octanol–water partition coefficient (Wildman–Crippen LogP) is 1.64. The summed E-state index contributed by atoms with van der Waals surface area (Å²) in [6.45, 7) is 3.23. The Morgan fingerprint density at radius 2 is 1.80 bits per heavy atom. The lowest BCUT2D eigenvalue weighted by Crippen LogP contribution is -2.52. The van der Waals surface area contributed by atoms with Crippen molar-refractivity contribution >= 4 is 27.3 Å². The number of anilines is 2. The van der Waals surface area contributed by atoms with Gasteiger partial charge in [0, 0.05) is 68.6 Å². The minimum Gasteiger partial charge on any atom is -0.355 e. The SMILES string of the molecule is CC1c2cnc(-c3ncccn3)nc2CCN1c1cc(F)cc(N2CC(C(=O)CS(C)(=O)=O)C2)n1. The molecular weight excluding hydrogens is 473 g/mol. The van der Waals surface area contributed by atoms with E-state index >= 15 is 0 Å². The quantitative estimate of drug-likeness (QED) is 0.497. The minimum absolute atomic E-state index is 0.132. The number of fused-ring (bicyclic) bond motifs is 1. The Balaban J connectivity index is 1.33. The van der Waals surface area contributed by atoms with Gasteiger partial charge >= 0.3 is 0 Å². The fourth-order valence-corrected chi connectivity index (χ4v) is 5.18. The van der Waals surface area contributed by atoms with Crippen LogP contribution in [0.4, 0.5) is 16.0 Å². The maximum absolute atomic E-state index is 14.6. The van der Waals surface area contributed by atoms with Crippen LogP contribution in [0.1, 0.15) is 24.2 Å². The van der Waals surface area contributed by atoms with Crippen LogP contribution in [0, 0.1) is 11.7 Å². The zero-order chi connectivity index (χ0) is 24.7. The van der Waals surface area contributed by atoms with E-state index in [9.17, 15) is 17.6 Å². The first kappa shape index (κ1) is 23.2. The van der Waals surface area contributed by atoms with E-state index < -0.39 is 21.4 Å². The summed E-state index contributed by atoms with van der Waals surface area (Å²) < 4.78 is 37.4. The maximum Gasteiger partial charge on any atom is 0.197 e. The van der Waals surface area contributed by atoms with Crippen LogP contribution in [0.25, 0.3) is 11.6 Å². The molecule has 3 aromatic rings. The average molecular weight is 498 g/mol. The molecule has 0 aromatic carbocycles. The summed E-state index contributed by atoms with van der Waals surface area (Å²) in [5.74, 6) is 0.230. The van der Waals surface area contributed by atoms with Crippen molar-refractivity contribution in [3.05, 3.63) is 53.9 Å². The second kappa shape index (κ2) is 8.91. The lowest BCUT2D eigenvalue weighted by molar-refractivity contribution is -0.121. The van der Waals surface area contributed by atoms with Gasteiger partial charge in [-0.3, -0.25) is 4.79 Å². The molecule has 0 aliphatic carbocycles. The third-order valence-corrected chi connectivity index (χ3v) is 7.10. The van der Waals surface area contributed by atoms with Crippen LogP contribution in [0.5, 0.6) is 0 Å². The molecule has 0 saturated carbocycles. The number of carbonyl (C=O) groups is 1. The van der Waals surface area contributed by atoms with Crippen molar-refractivity contribution in [2.45, 2.75) is 19.4 Å². The standard InChI is InChI=1S/C23H24FN7O3S/c1-14-17-10-27-23(22-25-5-3-6-26-22)28-18(17)4-7-31(14)21-9-16(24)8-20(29-21)30-11-15(12-30)19(32)13-35(2,33)34/h3,5-6,8-10,14-15H,4,7,11-13H2,1-2H3. The number of aromatic nitrogens is 5. The van der Waals surface area contributed by atoms with Crippen LogP contribution in [-0.2, 0) is 21.1 Å². The van der Waals surface area contributed by atoms with Gasteiger partial charge in [0.2, 0.25) is 0 Å². The molecule has 5 rings (SSSR count). The molecule has 0 N–H and O–H groups in total. The highest BCUT2D eigenvalue weighted by Crippen LogP contribution is 2.34. The first-order valence-corrected chi connectivity index (χ1v) is 13.3. The van der Waals surface area contributed by atoms with Crippen LogP contribution >= 0.6 is 0 Å². The Morgan fingerprint density at radius 1 is 1.09 bits per heavy atom. The van der Waals surface area contributed by atoms with Crippen molar-refractivity contribution in [3.63, 3.8) is 0 Å². The molecule has 35 heavy (non-hydrogen) atoms. The van der Waals surface area contributed by atoms with Gasteiger partial charge in [0.05, 0.1) is 17.7 Å². The van der Waals surface area contributed by atoms with E-state index in [0.29, 0.717) is 49.3 Å². The maximum atomic E-state index is 14.6. The van der Waals surface area contributed by atoms with Gasteiger partial charge in [-0.05, 0) is 13.0 Å². The second-order valence-electron chi connectivity index (χ2n) is 8.93. The third-order valence-electron chi connectivity index (χ3n) is 6.30. The normalized spacial score (nSPS) is 18.2. The Hall–Kier alpha value is -3.54. The summed E-state index contributed by atoms with van der Waals surface area (Å²) in [7, 11) is -3.37. The second-order valence-corrected chi connectivity index (χ2v) is 11.1. The topological polar surface area (TPSA) is 122 Å². The number of Topliss-reactive ketones (excluding diaryl/α,β-unsaturated/α-hetero) is 1. The molecule has 2 aliphatic rings. The van der Waals surface area contributed by atoms with Gasteiger partial charge in [-0.25, -0.2) is 37.7 Å². The summed E-state index contributed by atoms with van der Waals surface area (Å²) >= 11 is 0. The molecule has 182 valence electrons. The summed E-state index contributed by atoms with van der Waals surface area (Å²) in [4.78, 5) is 38.1. The van der Waals surface area contributed by atoms with Crippen LogP contribution in [-0.4, -0.2) is 70.8 Å². The largest absolute Gasteiger partial charge is 0.355 e. The zero-order valence-electron chi connectivity index (χ0n) is 19.3. The van der Waals surface area contributed by atoms with E-state index in [1.807, 2.05) is 11.8 Å². The Bertz CT molecular complexity index is 1380. The fraction of sp³-hybridized carbons (Fsp3) is 0.391. The number of halogens is 1. The number of ketones is 1. The van der Waals surface area contributed by atoms with Gasteiger partial charge in [-0.1, -0.05) is 0 Å². The fourth-order valence-electron chi connectivity index (χ4n) is 4.42. The highest BCUT2D eigenvalue weighted by Gasteiger charge is 2.35. The van der Waals surface area contributed by atoms with Gasteiger partial charge in [-0.2, -0.15) is 0 Å². The molecule has 12 heteroatoms. The molecule has 0 amide bonds. The molecule has 0 bridgehead atoms. The van der Waals surface area contributed by atoms with E-state index in [0.717, 1.165) is 17.5 Å². The zero-order valence-corrected chi connectivity index (χ0v) is 20.1. The molecule has 0 spiro atoms. The minimum atomic E-state index is -3.37. The molecular formula is C23H24FN7O3S. The van der Waals surface area contributed by atoms with Crippen LogP contribution in [0.15, 0.2) is 36.8 Å². The van der Waals surface area contributed by atoms with Crippen molar-refractivity contribution in [3.8, 4) is 11.6 Å². The summed E-state index contributed by atoms with van der Waals surface area (Å²) in [6.07, 6.45) is 6.72. The van der Waals surface area contributed by atoms with E-state index in [2.05, 4.69) is 24.9 Å². The number of pyridine rings is 1. The van der Waals surface area contributed by atoms with Crippen LogP contribution in [0.2, 0.25) is 0 Å². The number of carbonyl (C=O) groups excluding carboxylic acids is 1. The molecule has 1 unspecified atom stereocenters. The van der Waals surface area contributed by atoms with Crippen LogP contribution < -0.4 is 9.80 Å². The van der Waals surface area contributed by atoms with Gasteiger partial charge in [0.15, 0.2) is 27.3 Å². The predicted molar refractivity (Wildman–Crippen MR) is 127 cm³/mol. The average Bonchev–Trinajstić information content (AvgIpc) is 2.77.